The van der Waals surface area contributed by atoms with Crippen LogP contribution in [0.1, 0.15) is 5.56 Å². The molecule has 0 aliphatic heterocycles. The minimum atomic E-state index is 0.590. The van der Waals surface area contributed by atoms with Crippen LogP contribution in [-0.4, -0.2) is 19.7 Å². The highest BCUT2D eigenvalue weighted by molar-refractivity contribution is 5.39. The average Bonchev–Trinajstić information content (AvgIpc) is 2.72. The standard InChI is InChI=1S/C8H12N6/c1-14-3-2-10-8(14)11-4-6-5-12-13-7(6)9/h2-3,5H,4H2,1H3,(H,10,11)(H3,9,12,13). The van der Waals surface area contributed by atoms with Crippen LogP contribution in [0.15, 0.2) is 18.6 Å². The van der Waals surface area contributed by atoms with Gasteiger partial charge in [-0.1, -0.05) is 0 Å². The first kappa shape index (κ1) is 8.61. The van der Waals surface area contributed by atoms with E-state index in [0.717, 1.165) is 11.5 Å². The molecule has 0 spiro atoms. The maximum absolute atomic E-state index is 5.63. The Hall–Kier alpha value is -1.98. The predicted octanol–water partition coefficient (Wildman–Crippen LogP) is 0.337. The molecule has 0 amide bonds. The minimum absolute atomic E-state index is 0.590. The first-order chi connectivity index (χ1) is 6.77. The SMILES string of the molecule is Cn1ccnc1NCc1cn[nH]c1N. The number of hydrogen-bond acceptors (Lipinski definition) is 4. The number of nitrogens with zero attached hydrogens (tertiary/aromatic N) is 3. The minimum Gasteiger partial charge on any atom is -0.384 e. The molecule has 0 unspecified atom stereocenters. The fourth-order valence-electron chi connectivity index (χ4n) is 1.17. The first-order valence-corrected chi connectivity index (χ1v) is 4.26. The molecule has 0 radical (unpaired) electrons. The van der Waals surface area contributed by atoms with Gasteiger partial charge in [0.25, 0.3) is 0 Å². The lowest BCUT2D eigenvalue weighted by Crippen LogP contribution is -2.05. The second-order valence-corrected chi connectivity index (χ2v) is 3.02. The Kier molecular flexibility index (Phi) is 2.10. The van der Waals surface area contributed by atoms with Crippen molar-refractivity contribution in [2.45, 2.75) is 6.54 Å². The molecule has 74 valence electrons. The van der Waals surface area contributed by atoms with E-state index < -0.39 is 0 Å². The third-order valence-electron chi connectivity index (χ3n) is 2.01. The number of aromatic amines is 1. The van der Waals surface area contributed by atoms with Crippen LogP contribution in [0.3, 0.4) is 0 Å². The molecule has 0 aromatic carbocycles. The maximum atomic E-state index is 5.63. The average molecular weight is 192 g/mol. The van der Waals surface area contributed by atoms with Crippen molar-refractivity contribution in [1.82, 2.24) is 19.7 Å². The van der Waals surface area contributed by atoms with Gasteiger partial charge >= 0.3 is 0 Å². The third-order valence-corrected chi connectivity index (χ3v) is 2.01. The van der Waals surface area contributed by atoms with E-state index >= 15 is 0 Å². The highest BCUT2D eigenvalue weighted by atomic mass is 15.2. The number of nitrogens with one attached hydrogen (secondary N) is 2. The summed E-state index contributed by atoms with van der Waals surface area (Å²) in [7, 11) is 1.92. The summed E-state index contributed by atoms with van der Waals surface area (Å²) in [5.41, 5.74) is 6.57. The van der Waals surface area contributed by atoms with Crippen LogP contribution >= 0.6 is 0 Å². The molecule has 14 heavy (non-hydrogen) atoms. The molecule has 6 nitrogen and oxygen atoms in total. The summed E-state index contributed by atoms with van der Waals surface area (Å²) in [4.78, 5) is 4.13. The largest absolute Gasteiger partial charge is 0.384 e. The van der Waals surface area contributed by atoms with Crippen molar-refractivity contribution in [2.75, 3.05) is 11.1 Å². The van der Waals surface area contributed by atoms with E-state index in [4.69, 9.17) is 5.73 Å². The summed E-state index contributed by atoms with van der Waals surface area (Å²) in [6.45, 7) is 0.618. The van der Waals surface area contributed by atoms with Crippen molar-refractivity contribution < 1.29 is 0 Å². The molecule has 6 heteroatoms. The predicted molar refractivity (Wildman–Crippen MR) is 53.5 cm³/mol. The van der Waals surface area contributed by atoms with Gasteiger partial charge in [0.2, 0.25) is 5.95 Å². The molecule has 2 aromatic heterocycles. The van der Waals surface area contributed by atoms with Crippen molar-refractivity contribution in [3.63, 3.8) is 0 Å². The number of nitrogens with two attached hydrogens (primary N) is 1. The molecule has 0 fully saturated rings. The van der Waals surface area contributed by atoms with Crippen molar-refractivity contribution in [2.24, 2.45) is 7.05 Å². The van der Waals surface area contributed by atoms with Crippen LogP contribution < -0.4 is 11.1 Å². The van der Waals surface area contributed by atoms with E-state index in [-0.39, 0.29) is 0 Å². The number of nitrogen functional groups attached to an aromatic ring is 1. The number of H-pyrrole nitrogens is 1. The monoisotopic (exact) mass is 192 g/mol. The second kappa shape index (κ2) is 3.41. The van der Waals surface area contributed by atoms with Crippen LogP contribution in [0, 0.1) is 0 Å². The lowest BCUT2D eigenvalue weighted by molar-refractivity contribution is 0.900. The van der Waals surface area contributed by atoms with Gasteiger partial charge in [-0.2, -0.15) is 5.10 Å². The van der Waals surface area contributed by atoms with Gasteiger partial charge in [0.1, 0.15) is 5.82 Å². The molecular weight excluding hydrogens is 180 g/mol. The van der Waals surface area contributed by atoms with Gasteiger partial charge in [0.05, 0.1) is 6.20 Å². The van der Waals surface area contributed by atoms with E-state index in [2.05, 4.69) is 20.5 Å². The molecule has 2 heterocycles. The molecule has 2 aromatic rings. The molecule has 2 rings (SSSR count). The normalized spacial score (nSPS) is 10.4. The Morgan fingerprint density at radius 3 is 3.07 bits per heavy atom. The van der Waals surface area contributed by atoms with Gasteiger partial charge in [-0.3, -0.25) is 5.10 Å². The van der Waals surface area contributed by atoms with Crippen LogP contribution in [0.5, 0.6) is 0 Å². The summed E-state index contributed by atoms with van der Waals surface area (Å²) < 4.78 is 1.90. The molecule has 4 N–H and O–H groups in total. The number of aryl methyl sites for hydroxylation is 1. The van der Waals surface area contributed by atoms with Crippen molar-refractivity contribution in [3.8, 4) is 0 Å². The highest BCUT2D eigenvalue weighted by Gasteiger charge is 2.02. The van der Waals surface area contributed by atoms with Gasteiger partial charge in [0.15, 0.2) is 0 Å². The molecule has 0 saturated heterocycles. The zero-order valence-electron chi connectivity index (χ0n) is 7.86. The fraction of sp³-hybridized carbons (Fsp3) is 0.250. The van der Waals surface area contributed by atoms with Gasteiger partial charge in [-0.05, 0) is 0 Å². The Labute approximate surface area is 81.1 Å². The van der Waals surface area contributed by atoms with Gasteiger partial charge in [-0.25, -0.2) is 4.98 Å². The Morgan fingerprint density at radius 2 is 2.50 bits per heavy atom. The van der Waals surface area contributed by atoms with Gasteiger partial charge in [0, 0.05) is 31.5 Å². The number of hydrogen-bond donors (Lipinski definition) is 3. The van der Waals surface area contributed by atoms with E-state index in [1.54, 1.807) is 12.4 Å². The van der Waals surface area contributed by atoms with Gasteiger partial charge < -0.3 is 15.6 Å². The van der Waals surface area contributed by atoms with Crippen molar-refractivity contribution in [3.05, 3.63) is 24.2 Å². The summed E-state index contributed by atoms with van der Waals surface area (Å²) in [5.74, 6) is 1.40. The zero-order valence-corrected chi connectivity index (χ0v) is 7.86. The molecule has 0 bridgehead atoms. The van der Waals surface area contributed by atoms with E-state index in [0.29, 0.717) is 12.4 Å². The van der Waals surface area contributed by atoms with Crippen LogP contribution in [0.25, 0.3) is 0 Å². The lowest BCUT2D eigenvalue weighted by Gasteiger charge is -2.04. The highest BCUT2D eigenvalue weighted by Crippen LogP contribution is 2.09. The second-order valence-electron chi connectivity index (χ2n) is 3.02. The smallest absolute Gasteiger partial charge is 0.202 e. The van der Waals surface area contributed by atoms with Crippen LogP contribution in [0.4, 0.5) is 11.8 Å². The lowest BCUT2D eigenvalue weighted by atomic mass is 10.3. The van der Waals surface area contributed by atoms with E-state index in [1.165, 1.54) is 0 Å². The number of aromatic nitrogens is 4. The van der Waals surface area contributed by atoms with E-state index in [9.17, 15) is 0 Å². The van der Waals surface area contributed by atoms with E-state index in [1.807, 2.05) is 17.8 Å². The summed E-state index contributed by atoms with van der Waals surface area (Å²) in [6.07, 6.45) is 5.31. The van der Waals surface area contributed by atoms with Crippen molar-refractivity contribution in [1.29, 1.82) is 0 Å². The van der Waals surface area contributed by atoms with Crippen LogP contribution in [-0.2, 0) is 13.6 Å². The number of imidazole rings is 1. The molecule has 0 atom stereocenters. The van der Waals surface area contributed by atoms with Crippen LogP contribution in [0.2, 0.25) is 0 Å². The quantitative estimate of drug-likeness (QED) is 0.654. The fourth-order valence-corrected chi connectivity index (χ4v) is 1.17. The summed E-state index contributed by atoms with van der Waals surface area (Å²) >= 11 is 0. The Balaban J connectivity index is 2.02. The number of rotatable bonds is 3. The molecule has 0 aliphatic carbocycles. The topological polar surface area (TPSA) is 84.5 Å². The third kappa shape index (κ3) is 1.54. The molecule has 0 aliphatic rings. The molecular formula is C8H12N6. The Bertz CT molecular complexity index is 375. The first-order valence-electron chi connectivity index (χ1n) is 4.26. The molecule has 0 saturated carbocycles. The summed E-state index contributed by atoms with van der Waals surface area (Å²) in [5, 5.41) is 9.65. The maximum Gasteiger partial charge on any atom is 0.202 e. The Morgan fingerprint density at radius 1 is 1.64 bits per heavy atom. The van der Waals surface area contributed by atoms with Gasteiger partial charge in [-0.15, -0.1) is 0 Å². The zero-order chi connectivity index (χ0) is 9.97. The number of anilines is 2. The summed E-state index contributed by atoms with van der Waals surface area (Å²) in [6, 6.07) is 0. The van der Waals surface area contributed by atoms with Crippen molar-refractivity contribution >= 4 is 11.8 Å².